The van der Waals surface area contributed by atoms with Crippen LogP contribution in [0.2, 0.25) is 5.02 Å². The van der Waals surface area contributed by atoms with Crippen molar-refractivity contribution in [2.24, 2.45) is 0 Å². The maximum absolute atomic E-state index is 13.8. The molecule has 0 bridgehead atoms. The van der Waals surface area contributed by atoms with Gasteiger partial charge < -0.3 is 15.0 Å². The summed E-state index contributed by atoms with van der Waals surface area (Å²) in [4.78, 5) is 14.8. The Morgan fingerprint density at radius 2 is 2.08 bits per heavy atom. The molecule has 0 radical (unpaired) electrons. The molecule has 1 amide bonds. The minimum absolute atomic E-state index is 0.0740. The Morgan fingerprint density at radius 1 is 1.31 bits per heavy atom. The molecule has 6 heteroatoms. The molecule has 1 fully saturated rings. The lowest BCUT2D eigenvalue weighted by atomic mass is 10.0. The van der Waals surface area contributed by atoms with Gasteiger partial charge in [-0.3, -0.25) is 4.79 Å². The number of nitrogens with one attached hydrogen (secondary N) is 1. The average molecular weight is 377 g/mol. The summed E-state index contributed by atoms with van der Waals surface area (Å²) in [6, 6.07) is 12.0. The molecular weight excluding hydrogens is 355 g/mol. The molecule has 26 heavy (non-hydrogen) atoms. The Hall–Kier alpha value is -1.95. The molecule has 1 aliphatic heterocycles. The Balaban J connectivity index is 1.77. The van der Waals surface area contributed by atoms with Gasteiger partial charge in [-0.2, -0.15) is 0 Å². The number of carbonyl (C=O) groups is 1. The molecule has 2 aromatic carbocycles. The average Bonchev–Trinajstić information content (AvgIpc) is 3.05. The van der Waals surface area contributed by atoms with Gasteiger partial charge in [0.15, 0.2) is 0 Å². The van der Waals surface area contributed by atoms with Crippen LogP contribution in [0.25, 0.3) is 0 Å². The van der Waals surface area contributed by atoms with Crippen molar-refractivity contribution in [2.75, 3.05) is 20.7 Å². The molecule has 3 rings (SSSR count). The van der Waals surface area contributed by atoms with E-state index in [9.17, 15) is 9.18 Å². The molecule has 2 aromatic rings. The van der Waals surface area contributed by atoms with E-state index in [2.05, 4.69) is 5.32 Å². The van der Waals surface area contributed by atoms with Crippen molar-refractivity contribution in [3.8, 4) is 0 Å². The minimum atomic E-state index is -0.485. The maximum atomic E-state index is 13.8. The van der Waals surface area contributed by atoms with Gasteiger partial charge in [0.1, 0.15) is 11.9 Å². The predicted molar refractivity (Wildman–Crippen MR) is 99.8 cm³/mol. The van der Waals surface area contributed by atoms with Gasteiger partial charge in [-0.25, -0.2) is 4.39 Å². The number of hydrogen-bond acceptors (Lipinski definition) is 3. The van der Waals surface area contributed by atoms with E-state index in [0.717, 1.165) is 5.56 Å². The fourth-order valence-corrected chi connectivity index (χ4v) is 3.34. The van der Waals surface area contributed by atoms with E-state index >= 15 is 0 Å². The number of ether oxygens (including phenoxy) is 1. The van der Waals surface area contributed by atoms with Gasteiger partial charge in [0, 0.05) is 18.7 Å². The summed E-state index contributed by atoms with van der Waals surface area (Å²) in [5.74, 6) is -0.626. The minimum Gasteiger partial charge on any atom is -0.371 e. The SMILES string of the molecule is CN(C)Cc1ccccc1C(=O)NC1CCOC1c1ccc(Cl)c(F)c1. The Kier molecular flexibility index (Phi) is 5.91. The zero-order chi connectivity index (χ0) is 18.7. The highest BCUT2D eigenvalue weighted by atomic mass is 35.5. The van der Waals surface area contributed by atoms with E-state index in [0.29, 0.717) is 30.7 Å². The van der Waals surface area contributed by atoms with E-state index in [1.165, 1.54) is 12.1 Å². The molecular formula is C20H22ClFN2O2. The van der Waals surface area contributed by atoms with Crippen molar-refractivity contribution in [1.82, 2.24) is 10.2 Å². The summed E-state index contributed by atoms with van der Waals surface area (Å²) in [6.07, 6.45) is 0.294. The zero-order valence-electron chi connectivity index (χ0n) is 14.8. The summed E-state index contributed by atoms with van der Waals surface area (Å²) < 4.78 is 19.5. The largest absolute Gasteiger partial charge is 0.371 e. The van der Waals surface area contributed by atoms with Crippen LogP contribution in [0.1, 0.15) is 34.0 Å². The monoisotopic (exact) mass is 376 g/mol. The zero-order valence-corrected chi connectivity index (χ0v) is 15.6. The van der Waals surface area contributed by atoms with Gasteiger partial charge in [0.25, 0.3) is 5.91 Å². The van der Waals surface area contributed by atoms with E-state index in [1.54, 1.807) is 6.07 Å². The third-order valence-electron chi connectivity index (χ3n) is 4.43. The van der Waals surface area contributed by atoms with Crippen LogP contribution in [0.3, 0.4) is 0 Å². The second-order valence-corrected chi connectivity index (χ2v) is 7.14. The van der Waals surface area contributed by atoms with Gasteiger partial charge in [-0.1, -0.05) is 35.9 Å². The first-order chi connectivity index (χ1) is 12.5. The number of benzene rings is 2. The number of nitrogens with zero attached hydrogens (tertiary/aromatic N) is 1. The standard InChI is InChI=1S/C20H22ClFN2O2/c1-24(2)12-14-5-3-4-6-15(14)20(25)23-18-9-10-26-19(18)13-7-8-16(21)17(22)11-13/h3-8,11,18-19H,9-10,12H2,1-2H3,(H,23,25). The summed E-state index contributed by atoms with van der Waals surface area (Å²) in [5.41, 5.74) is 2.29. The van der Waals surface area contributed by atoms with E-state index in [-0.39, 0.29) is 23.1 Å². The Morgan fingerprint density at radius 3 is 2.81 bits per heavy atom. The molecule has 0 aliphatic carbocycles. The first-order valence-electron chi connectivity index (χ1n) is 8.55. The maximum Gasteiger partial charge on any atom is 0.251 e. The third-order valence-corrected chi connectivity index (χ3v) is 4.74. The summed E-state index contributed by atoms with van der Waals surface area (Å²) in [6.45, 7) is 1.19. The molecule has 0 saturated carbocycles. The van der Waals surface area contributed by atoms with Gasteiger partial charge in [0.2, 0.25) is 0 Å². The highest BCUT2D eigenvalue weighted by Crippen LogP contribution is 2.31. The van der Waals surface area contributed by atoms with Crippen molar-refractivity contribution in [3.63, 3.8) is 0 Å². The number of amides is 1. The molecule has 1 N–H and O–H groups in total. The van der Waals surface area contributed by atoms with Crippen molar-refractivity contribution in [2.45, 2.75) is 25.1 Å². The highest BCUT2D eigenvalue weighted by molar-refractivity contribution is 6.30. The second kappa shape index (κ2) is 8.16. The number of rotatable bonds is 5. The van der Waals surface area contributed by atoms with E-state index in [4.69, 9.17) is 16.3 Å². The van der Waals surface area contributed by atoms with Gasteiger partial charge in [0.05, 0.1) is 11.1 Å². The molecule has 2 atom stereocenters. The first kappa shape index (κ1) is 18.8. The lowest BCUT2D eigenvalue weighted by Gasteiger charge is -2.21. The topological polar surface area (TPSA) is 41.6 Å². The number of hydrogen-bond donors (Lipinski definition) is 1. The van der Waals surface area contributed by atoms with Crippen LogP contribution in [-0.2, 0) is 11.3 Å². The Labute approximate surface area is 157 Å². The van der Waals surface area contributed by atoms with E-state index in [1.807, 2.05) is 43.3 Å². The van der Waals surface area contributed by atoms with Crippen LogP contribution in [0.4, 0.5) is 4.39 Å². The smallest absolute Gasteiger partial charge is 0.251 e. The molecule has 2 unspecified atom stereocenters. The number of halogens is 2. The summed E-state index contributed by atoms with van der Waals surface area (Å²) in [5, 5.41) is 3.13. The number of carbonyl (C=O) groups excluding carboxylic acids is 1. The van der Waals surface area contributed by atoms with Crippen molar-refractivity contribution in [1.29, 1.82) is 0 Å². The quantitative estimate of drug-likeness (QED) is 0.863. The third kappa shape index (κ3) is 4.23. The van der Waals surface area contributed by atoms with Gasteiger partial charge >= 0.3 is 0 Å². The van der Waals surface area contributed by atoms with Crippen LogP contribution in [-0.4, -0.2) is 37.6 Å². The Bertz CT molecular complexity index is 797. The lowest BCUT2D eigenvalue weighted by Crippen LogP contribution is -2.37. The molecule has 1 heterocycles. The molecule has 1 saturated heterocycles. The van der Waals surface area contributed by atoms with E-state index < -0.39 is 5.82 Å². The van der Waals surface area contributed by atoms with Crippen LogP contribution in [0.15, 0.2) is 42.5 Å². The molecule has 0 aromatic heterocycles. The first-order valence-corrected chi connectivity index (χ1v) is 8.93. The fraction of sp³-hybridized carbons (Fsp3) is 0.350. The van der Waals surface area contributed by atoms with Crippen molar-refractivity contribution >= 4 is 17.5 Å². The van der Waals surface area contributed by atoms with Crippen molar-refractivity contribution < 1.29 is 13.9 Å². The van der Waals surface area contributed by atoms with Crippen LogP contribution in [0, 0.1) is 5.82 Å². The van der Waals surface area contributed by atoms with Crippen LogP contribution >= 0.6 is 11.6 Å². The van der Waals surface area contributed by atoms with Crippen molar-refractivity contribution in [3.05, 3.63) is 70.0 Å². The van der Waals surface area contributed by atoms with Crippen LogP contribution in [0.5, 0.6) is 0 Å². The molecule has 4 nitrogen and oxygen atoms in total. The fourth-order valence-electron chi connectivity index (χ4n) is 3.22. The predicted octanol–water partition coefficient (Wildman–Crippen LogP) is 3.80. The van der Waals surface area contributed by atoms with Gasteiger partial charge in [-0.05, 0) is 49.8 Å². The molecule has 138 valence electrons. The molecule has 0 spiro atoms. The summed E-state index contributed by atoms with van der Waals surface area (Å²) >= 11 is 5.76. The highest BCUT2D eigenvalue weighted by Gasteiger charge is 2.32. The summed E-state index contributed by atoms with van der Waals surface area (Å²) in [7, 11) is 3.93. The molecule has 1 aliphatic rings. The lowest BCUT2D eigenvalue weighted by molar-refractivity contribution is 0.0819. The normalized spacial score (nSPS) is 19.7. The van der Waals surface area contributed by atoms with Gasteiger partial charge in [-0.15, -0.1) is 0 Å². The van der Waals surface area contributed by atoms with Crippen LogP contribution < -0.4 is 5.32 Å². The second-order valence-electron chi connectivity index (χ2n) is 6.73.